The first-order valence-corrected chi connectivity index (χ1v) is 10.9. The van der Waals surface area contributed by atoms with Crippen LogP contribution in [0.3, 0.4) is 0 Å². The minimum Gasteiger partial charge on any atom is -0.337 e. The van der Waals surface area contributed by atoms with Crippen molar-refractivity contribution in [3.63, 3.8) is 0 Å². The van der Waals surface area contributed by atoms with E-state index in [-0.39, 0.29) is 0 Å². The first-order chi connectivity index (χ1) is 14.2. The number of nitrogens with zero attached hydrogens (tertiary/aromatic N) is 1. The summed E-state index contributed by atoms with van der Waals surface area (Å²) < 4.78 is 2.11. The number of imidazole rings is 1. The highest BCUT2D eigenvalue weighted by Crippen LogP contribution is 2.34. The van der Waals surface area contributed by atoms with Gasteiger partial charge in [0.2, 0.25) is 0 Å². The van der Waals surface area contributed by atoms with Crippen LogP contribution >= 0.6 is 31.9 Å². The summed E-state index contributed by atoms with van der Waals surface area (Å²) in [5.41, 5.74) is 5.22. The lowest BCUT2D eigenvalue weighted by Crippen LogP contribution is -1.83. The van der Waals surface area contributed by atoms with Gasteiger partial charge < -0.3 is 4.98 Å². The van der Waals surface area contributed by atoms with Gasteiger partial charge >= 0.3 is 0 Å². The number of H-pyrrole nitrogens is 1. The normalized spacial score (nSPS) is 11.1. The molecule has 1 N–H and O–H groups in total. The molecule has 0 aliphatic carbocycles. The van der Waals surface area contributed by atoms with E-state index in [1.165, 1.54) is 10.8 Å². The summed E-state index contributed by atoms with van der Waals surface area (Å²) in [6.45, 7) is 0. The topological polar surface area (TPSA) is 28.7 Å². The Morgan fingerprint density at radius 2 is 1.17 bits per heavy atom. The first kappa shape index (κ1) is 18.3. The molecule has 0 spiro atoms. The molecular formula is C25H16Br2N2. The fourth-order valence-corrected chi connectivity index (χ4v) is 4.02. The van der Waals surface area contributed by atoms with Gasteiger partial charge in [0.15, 0.2) is 0 Å². The van der Waals surface area contributed by atoms with Gasteiger partial charge in [-0.2, -0.15) is 0 Å². The molecule has 1 heterocycles. The van der Waals surface area contributed by atoms with E-state index in [1.54, 1.807) is 0 Å². The van der Waals surface area contributed by atoms with E-state index in [1.807, 2.05) is 12.1 Å². The van der Waals surface area contributed by atoms with Gasteiger partial charge in [-0.1, -0.05) is 92.5 Å². The first-order valence-electron chi connectivity index (χ1n) is 9.28. The summed E-state index contributed by atoms with van der Waals surface area (Å²) in [5.74, 6) is 0.867. The van der Waals surface area contributed by atoms with Crippen molar-refractivity contribution >= 4 is 42.6 Å². The number of hydrogen-bond donors (Lipinski definition) is 1. The molecule has 0 saturated heterocycles. The largest absolute Gasteiger partial charge is 0.337 e. The zero-order valence-electron chi connectivity index (χ0n) is 15.4. The van der Waals surface area contributed by atoms with E-state index in [0.29, 0.717) is 0 Å². The van der Waals surface area contributed by atoms with Crippen LogP contribution in [0.1, 0.15) is 0 Å². The summed E-state index contributed by atoms with van der Waals surface area (Å²) in [4.78, 5) is 8.58. The number of aromatic nitrogens is 2. The predicted octanol–water partition coefficient (Wildman–Crippen LogP) is 8.09. The number of fused-ring (bicyclic) bond motifs is 1. The Morgan fingerprint density at radius 1 is 0.586 bits per heavy atom. The quantitative estimate of drug-likeness (QED) is 0.264. The van der Waals surface area contributed by atoms with Gasteiger partial charge in [0.05, 0.1) is 11.4 Å². The van der Waals surface area contributed by atoms with Gasteiger partial charge in [0.1, 0.15) is 5.82 Å². The molecular weight excluding hydrogens is 488 g/mol. The number of aromatic amines is 1. The lowest BCUT2D eigenvalue weighted by atomic mass is 10.1. The van der Waals surface area contributed by atoms with Gasteiger partial charge in [-0.25, -0.2) is 4.98 Å². The second-order valence-corrected chi connectivity index (χ2v) is 8.72. The fraction of sp³-hybridized carbons (Fsp3) is 0. The molecule has 0 saturated carbocycles. The molecule has 0 unspecified atom stereocenters. The Labute approximate surface area is 185 Å². The molecule has 0 aliphatic rings. The van der Waals surface area contributed by atoms with Crippen LogP contribution in [0, 0.1) is 0 Å². The third kappa shape index (κ3) is 3.66. The van der Waals surface area contributed by atoms with Crippen LogP contribution in [0.15, 0.2) is 99.9 Å². The van der Waals surface area contributed by atoms with E-state index in [0.717, 1.165) is 42.8 Å². The highest BCUT2D eigenvalue weighted by molar-refractivity contribution is 9.10. The van der Waals surface area contributed by atoms with Crippen LogP contribution in [0.2, 0.25) is 0 Å². The highest BCUT2D eigenvalue weighted by Gasteiger charge is 2.15. The van der Waals surface area contributed by atoms with Crippen LogP contribution < -0.4 is 0 Å². The molecule has 0 fully saturated rings. The van der Waals surface area contributed by atoms with Crippen molar-refractivity contribution in [1.29, 1.82) is 0 Å². The molecule has 29 heavy (non-hydrogen) atoms. The number of hydrogen-bond acceptors (Lipinski definition) is 1. The van der Waals surface area contributed by atoms with Crippen LogP contribution in [0.4, 0.5) is 0 Å². The van der Waals surface area contributed by atoms with Gasteiger partial charge in [-0.15, -0.1) is 0 Å². The van der Waals surface area contributed by atoms with Gasteiger partial charge in [0.25, 0.3) is 0 Å². The SMILES string of the molecule is Brc1ccc(-c2nc(-c3ccc4ccccc4c3)[nH]c2-c2ccc(Br)cc2)cc1. The molecule has 5 aromatic rings. The summed E-state index contributed by atoms with van der Waals surface area (Å²) in [6, 6.07) is 31.4. The Bertz CT molecular complexity index is 1240. The van der Waals surface area contributed by atoms with Crippen molar-refractivity contribution in [2.75, 3.05) is 0 Å². The van der Waals surface area contributed by atoms with E-state index >= 15 is 0 Å². The zero-order chi connectivity index (χ0) is 19.8. The van der Waals surface area contributed by atoms with Gasteiger partial charge in [-0.05, 0) is 41.1 Å². The van der Waals surface area contributed by atoms with Crippen molar-refractivity contribution in [2.45, 2.75) is 0 Å². The Balaban J connectivity index is 1.69. The molecule has 4 heteroatoms. The van der Waals surface area contributed by atoms with Crippen LogP contribution in [-0.4, -0.2) is 9.97 Å². The monoisotopic (exact) mass is 502 g/mol. The molecule has 4 aromatic carbocycles. The summed E-state index contributed by atoms with van der Waals surface area (Å²) >= 11 is 7.04. The van der Waals surface area contributed by atoms with E-state index < -0.39 is 0 Å². The maximum atomic E-state index is 5.00. The maximum absolute atomic E-state index is 5.00. The smallest absolute Gasteiger partial charge is 0.138 e. The third-order valence-corrected chi connectivity index (χ3v) is 6.03. The molecule has 2 nitrogen and oxygen atoms in total. The lowest BCUT2D eigenvalue weighted by molar-refractivity contribution is 1.31. The fourth-order valence-electron chi connectivity index (χ4n) is 3.49. The summed E-state index contributed by atoms with van der Waals surface area (Å²) in [6.07, 6.45) is 0. The highest BCUT2D eigenvalue weighted by atomic mass is 79.9. The second-order valence-electron chi connectivity index (χ2n) is 6.88. The third-order valence-electron chi connectivity index (χ3n) is 4.98. The molecule has 0 aliphatic heterocycles. The Hall–Kier alpha value is -2.69. The molecule has 0 radical (unpaired) electrons. The predicted molar refractivity (Wildman–Crippen MR) is 128 cm³/mol. The van der Waals surface area contributed by atoms with E-state index in [4.69, 9.17) is 4.98 Å². The molecule has 0 bridgehead atoms. The second kappa shape index (κ2) is 7.62. The van der Waals surface area contributed by atoms with Crippen molar-refractivity contribution < 1.29 is 0 Å². The minimum atomic E-state index is 0.867. The average Bonchev–Trinajstić information content (AvgIpc) is 3.20. The van der Waals surface area contributed by atoms with Gasteiger partial charge in [-0.3, -0.25) is 0 Å². The maximum Gasteiger partial charge on any atom is 0.138 e. The molecule has 0 atom stereocenters. The van der Waals surface area contributed by atoms with Crippen molar-refractivity contribution in [2.24, 2.45) is 0 Å². The minimum absolute atomic E-state index is 0.867. The summed E-state index contributed by atoms with van der Waals surface area (Å²) in [5, 5.41) is 2.43. The molecule has 0 amide bonds. The zero-order valence-corrected chi connectivity index (χ0v) is 18.5. The number of nitrogens with one attached hydrogen (secondary N) is 1. The molecule has 140 valence electrons. The molecule has 1 aromatic heterocycles. The van der Waals surface area contributed by atoms with E-state index in [2.05, 4.69) is 116 Å². The lowest BCUT2D eigenvalue weighted by Gasteiger charge is -2.04. The Kier molecular flexibility index (Phi) is 4.82. The van der Waals surface area contributed by atoms with Crippen molar-refractivity contribution in [3.05, 3.63) is 99.9 Å². The van der Waals surface area contributed by atoms with Crippen molar-refractivity contribution in [1.82, 2.24) is 9.97 Å². The summed E-state index contributed by atoms with van der Waals surface area (Å²) in [7, 11) is 0. The van der Waals surface area contributed by atoms with E-state index in [9.17, 15) is 0 Å². The van der Waals surface area contributed by atoms with Crippen LogP contribution in [0.5, 0.6) is 0 Å². The Morgan fingerprint density at radius 3 is 1.86 bits per heavy atom. The van der Waals surface area contributed by atoms with Crippen LogP contribution in [0.25, 0.3) is 44.7 Å². The average molecular weight is 504 g/mol. The van der Waals surface area contributed by atoms with Crippen LogP contribution in [-0.2, 0) is 0 Å². The standard InChI is InChI=1S/C25H16Br2N2/c26-21-11-7-17(8-12-21)23-24(18-9-13-22(27)14-10-18)29-25(28-23)20-6-5-16-3-1-2-4-19(16)15-20/h1-15H,(H,28,29). The molecule has 5 rings (SSSR count). The number of halogens is 2. The van der Waals surface area contributed by atoms with Gasteiger partial charge in [0, 0.05) is 25.6 Å². The number of rotatable bonds is 3. The number of benzene rings is 4. The van der Waals surface area contributed by atoms with Crippen molar-refractivity contribution in [3.8, 4) is 33.9 Å².